The highest BCUT2D eigenvalue weighted by Gasteiger charge is 2.35. The number of hydrogen-bond donors (Lipinski definition) is 0. The molecule has 1 amide bonds. The van der Waals surface area contributed by atoms with E-state index in [2.05, 4.69) is 15.0 Å². The number of rotatable bonds is 3. The van der Waals surface area contributed by atoms with E-state index in [1.807, 2.05) is 6.92 Å². The summed E-state index contributed by atoms with van der Waals surface area (Å²) >= 11 is 13.5. The van der Waals surface area contributed by atoms with Crippen molar-refractivity contribution < 1.29 is 4.79 Å². The fourth-order valence-corrected chi connectivity index (χ4v) is 3.87. The van der Waals surface area contributed by atoms with Crippen LogP contribution in [0, 0.1) is 0 Å². The molecular formula is C16H14Cl2N4OS. The quantitative estimate of drug-likeness (QED) is 0.789. The molecule has 0 spiro atoms. The predicted octanol–water partition coefficient (Wildman–Crippen LogP) is 4.44. The monoisotopic (exact) mass is 380 g/mol. The number of aromatic nitrogens is 2. The number of carbonyl (C=O) groups is 1. The summed E-state index contributed by atoms with van der Waals surface area (Å²) in [5.41, 5.74) is 0.959. The van der Waals surface area contributed by atoms with Gasteiger partial charge in [0.05, 0.1) is 21.9 Å². The van der Waals surface area contributed by atoms with Crippen LogP contribution in [0.25, 0.3) is 0 Å². The molecule has 3 rings (SSSR count). The fourth-order valence-electron chi connectivity index (χ4n) is 2.31. The van der Waals surface area contributed by atoms with Gasteiger partial charge in [0.25, 0.3) is 5.91 Å². The standard InChI is InChI=1S/C16H14Cl2N4OS/c1-2-11-9-24-16(21-10-3-4-12(17)13(18)7-10)22(11)15(23)14-8-19-5-6-20-14/h3-8,11H,2,9H2,1H3. The molecule has 1 saturated heterocycles. The van der Waals surface area contributed by atoms with Crippen molar-refractivity contribution in [3.8, 4) is 0 Å². The van der Waals surface area contributed by atoms with Crippen molar-refractivity contribution in [1.82, 2.24) is 14.9 Å². The second-order valence-corrected chi connectivity index (χ2v) is 6.93. The van der Waals surface area contributed by atoms with Crippen LogP contribution >= 0.6 is 35.0 Å². The average molecular weight is 381 g/mol. The largest absolute Gasteiger partial charge is 0.282 e. The topological polar surface area (TPSA) is 58.5 Å². The highest BCUT2D eigenvalue weighted by Crippen LogP contribution is 2.32. The molecule has 1 aliphatic rings. The first kappa shape index (κ1) is 17.2. The lowest BCUT2D eigenvalue weighted by Crippen LogP contribution is -2.39. The van der Waals surface area contributed by atoms with Crippen LogP contribution in [-0.2, 0) is 0 Å². The normalized spacial score (nSPS) is 19.0. The number of carbonyl (C=O) groups excluding carboxylic acids is 1. The van der Waals surface area contributed by atoms with Crippen molar-refractivity contribution in [2.75, 3.05) is 5.75 Å². The van der Waals surface area contributed by atoms with Gasteiger partial charge >= 0.3 is 0 Å². The van der Waals surface area contributed by atoms with Crippen molar-refractivity contribution in [2.24, 2.45) is 4.99 Å². The predicted molar refractivity (Wildman–Crippen MR) is 98.3 cm³/mol. The first-order chi connectivity index (χ1) is 11.6. The van der Waals surface area contributed by atoms with Gasteiger partial charge in [0, 0.05) is 24.2 Å². The van der Waals surface area contributed by atoms with Gasteiger partial charge in [-0.15, -0.1) is 0 Å². The molecule has 0 saturated carbocycles. The van der Waals surface area contributed by atoms with Gasteiger partial charge in [0.15, 0.2) is 5.17 Å². The molecule has 0 aliphatic carbocycles. The summed E-state index contributed by atoms with van der Waals surface area (Å²) in [7, 11) is 0. The van der Waals surface area contributed by atoms with Gasteiger partial charge in [0.1, 0.15) is 5.69 Å². The van der Waals surface area contributed by atoms with Crippen LogP contribution in [-0.4, -0.2) is 37.7 Å². The molecule has 1 aromatic heterocycles. The number of amidine groups is 1. The Morgan fingerprint density at radius 1 is 1.38 bits per heavy atom. The van der Waals surface area contributed by atoms with E-state index in [9.17, 15) is 4.79 Å². The molecule has 124 valence electrons. The molecule has 1 aliphatic heterocycles. The molecule has 1 atom stereocenters. The number of nitrogens with zero attached hydrogens (tertiary/aromatic N) is 4. The smallest absolute Gasteiger partial charge is 0.280 e. The zero-order valence-corrected chi connectivity index (χ0v) is 15.1. The van der Waals surface area contributed by atoms with Gasteiger partial charge in [0.2, 0.25) is 0 Å². The number of hydrogen-bond acceptors (Lipinski definition) is 5. The molecule has 8 heteroatoms. The number of amides is 1. The molecule has 1 aromatic carbocycles. The van der Waals surface area contributed by atoms with E-state index < -0.39 is 0 Å². The summed E-state index contributed by atoms with van der Waals surface area (Å²) in [4.78, 5) is 27.2. The third-order valence-electron chi connectivity index (χ3n) is 3.58. The molecule has 1 unspecified atom stereocenters. The first-order valence-corrected chi connectivity index (χ1v) is 9.10. The third kappa shape index (κ3) is 3.55. The Bertz CT molecular complexity index is 785. The summed E-state index contributed by atoms with van der Waals surface area (Å²) in [5.74, 6) is 0.599. The SMILES string of the molecule is CCC1CSC(=Nc2ccc(Cl)c(Cl)c2)N1C(=O)c1cnccn1. The van der Waals surface area contributed by atoms with Crippen molar-refractivity contribution in [3.05, 3.63) is 52.5 Å². The molecule has 0 bridgehead atoms. The highest BCUT2D eigenvalue weighted by atomic mass is 35.5. The Hall–Kier alpha value is -1.63. The van der Waals surface area contributed by atoms with Gasteiger partial charge in [-0.2, -0.15) is 0 Å². The van der Waals surface area contributed by atoms with E-state index in [-0.39, 0.29) is 11.9 Å². The third-order valence-corrected chi connectivity index (χ3v) is 5.41. The van der Waals surface area contributed by atoms with E-state index in [1.54, 1.807) is 34.9 Å². The van der Waals surface area contributed by atoms with E-state index >= 15 is 0 Å². The average Bonchev–Trinajstić information content (AvgIpc) is 3.01. The maximum absolute atomic E-state index is 12.8. The second kappa shape index (κ2) is 7.51. The number of aliphatic imine (C=N–C) groups is 1. The van der Waals surface area contributed by atoms with Crippen LogP contribution in [0.3, 0.4) is 0 Å². The van der Waals surface area contributed by atoms with Crippen LogP contribution in [0.2, 0.25) is 10.0 Å². The van der Waals surface area contributed by atoms with Gasteiger partial charge < -0.3 is 0 Å². The summed E-state index contributed by atoms with van der Waals surface area (Å²) < 4.78 is 0. The maximum Gasteiger partial charge on any atom is 0.280 e. The van der Waals surface area contributed by atoms with Gasteiger partial charge in [-0.05, 0) is 24.6 Å². The number of thioether (sulfide) groups is 1. The molecule has 2 aromatic rings. The Morgan fingerprint density at radius 3 is 2.88 bits per heavy atom. The Morgan fingerprint density at radius 2 is 2.21 bits per heavy atom. The number of halogens is 2. The van der Waals surface area contributed by atoms with E-state index in [0.29, 0.717) is 26.6 Å². The lowest BCUT2D eigenvalue weighted by Gasteiger charge is -2.22. The highest BCUT2D eigenvalue weighted by molar-refractivity contribution is 8.14. The summed E-state index contributed by atoms with van der Waals surface area (Å²) in [5, 5.41) is 1.54. The molecule has 5 nitrogen and oxygen atoms in total. The van der Waals surface area contributed by atoms with Crippen LogP contribution in [0.1, 0.15) is 23.8 Å². The minimum absolute atomic E-state index is 0.0750. The molecule has 24 heavy (non-hydrogen) atoms. The molecular weight excluding hydrogens is 367 g/mol. The van der Waals surface area contributed by atoms with Crippen LogP contribution < -0.4 is 0 Å². The zero-order chi connectivity index (χ0) is 17.1. The summed E-state index contributed by atoms with van der Waals surface area (Å²) in [6, 6.07) is 5.22. The lowest BCUT2D eigenvalue weighted by atomic mass is 10.2. The van der Waals surface area contributed by atoms with Crippen LogP contribution in [0.4, 0.5) is 5.69 Å². The maximum atomic E-state index is 12.8. The van der Waals surface area contributed by atoms with Crippen LogP contribution in [0.15, 0.2) is 41.8 Å². The van der Waals surface area contributed by atoms with Crippen molar-refractivity contribution >= 4 is 51.7 Å². The van der Waals surface area contributed by atoms with E-state index in [0.717, 1.165) is 12.2 Å². The molecule has 0 radical (unpaired) electrons. The van der Waals surface area contributed by atoms with Crippen molar-refractivity contribution in [1.29, 1.82) is 0 Å². The van der Waals surface area contributed by atoms with E-state index in [4.69, 9.17) is 23.2 Å². The Balaban J connectivity index is 1.95. The first-order valence-electron chi connectivity index (χ1n) is 7.36. The minimum Gasteiger partial charge on any atom is -0.282 e. The lowest BCUT2D eigenvalue weighted by molar-refractivity contribution is 0.0813. The Kier molecular flexibility index (Phi) is 5.38. The van der Waals surface area contributed by atoms with Gasteiger partial charge in [-0.1, -0.05) is 41.9 Å². The summed E-state index contributed by atoms with van der Waals surface area (Å²) in [6.07, 6.45) is 5.35. The second-order valence-electron chi connectivity index (χ2n) is 5.13. The molecule has 1 fully saturated rings. The minimum atomic E-state index is -0.196. The van der Waals surface area contributed by atoms with Crippen LogP contribution in [0.5, 0.6) is 0 Å². The number of benzene rings is 1. The van der Waals surface area contributed by atoms with Gasteiger partial charge in [-0.3, -0.25) is 14.7 Å². The van der Waals surface area contributed by atoms with Gasteiger partial charge in [-0.25, -0.2) is 9.98 Å². The molecule has 0 N–H and O–H groups in total. The van der Waals surface area contributed by atoms with Crippen molar-refractivity contribution in [3.63, 3.8) is 0 Å². The Labute approximate surface area is 154 Å². The van der Waals surface area contributed by atoms with E-state index in [1.165, 1.54) is 18.6 Å². The zero-order valence-electron chi connectivity index (χ0n) is 12.8. The molecule has 2 heterocycles. The summed E-state index contributed by atoms with van der Waals surface area (Å²) in [6.45, 7) is 2.05. The fraction of sp³-hybridized carbons (Fsp3) is 0.250. The van der Waals surface area contributed by atoms with Crippen molar-refractivity contribution in [2.45, 2.75) is 19.4 Å².